The van der Waals surface area contributed by atoms with Crippen molar-refractivity contribution in [2.45, 2.75) is 50.7 Å². The summed E-state index contributed by atoms with van der Waals surface area (Å²) in [5.41, 5.74) is 5.87. The van der Waals surface area contributed by atoms with Crippen molar-refractivity contribution in [1.29, 1.82) is 0 Å². The van der Waals surface area contributed by atoms with Gasteiger partial charge in [-0.3, -0.25) is 0 Å². The van der Waals surface area contributed by atoms with Crippen molar-refractivity contribution in [2.75, 3.05) is 12.0 Å². The van der Waals surface area contributed by atoms with Gasteiger partial charge < -0.3 is 11.1 Å². The van der Waals surface area contributed by atoms with Crippen LogP contribution in [0.1, 0.15) is 32.6 Å². The Bertz CT molecular complexity index is 139. The molecule has 0 aromatic heterocycles. The molecule has 78 valence electrons. The van der Waals surface area contributed by atoms with Crippen LogP contribution in [-0.2, 0) is 0 Å². The highest BCUT2D eigenvalue weighted by molar-refractivity contribution is 7.98. The van der Waals surface area contributed by atoms with Crippen molar-refractivity contribution >= 4 is 11.8 Å². The van der Waals surface area contributed by atoms with Gasteiger partial charge in [-0.2, -0.15) is 11.8 Å². The maximum atomic E-state index is 5.87. The largest absolute Gasteiger partial charge is 0.328 e. The molecule has 1 aliphatic carbocycles. The Balaban J connectivity index is 2.21. The quantitative estimate of drug-likeness (QED) is 0.711. The van der Waals surface area contributed by atoms with Gasteiger partial charge >= 0.3 is 0 Å². The molecule has 1 aliphatic rings. The van der Waals surface area contributed by atoms with Gasteiger partial charge in [0.25, 0.3) is 0 Å². The highest BCUT2D eigenvalue weighted by atomic mass is 32.2. The molecule has 3 heteroatoms. The minimum absolute atomic E-state index is 0.448. The van der Waals surface area contributed by atoms with Crippen LogP contribution in [0.15, 0.2) is 0 Å². The molecule has 0 amide bonds. The molecule has 0 saturated heterocycles. The smallest absolute Gasteiger partial charge is 0.0158 e. The van der Waals surface area contributed by atoms with Crippen molar-refractivity contribution < 1.29 is 0 Å². The summed E-state index contributed by atoms with van der Waals surface area (Å²) in [6, 6.07) is 1.82. The van der Waals surface area contributed by atoms with E-state index in [1.54, 1.807) is 0 Å². The fourth-order valence-electron chi connectivity index (χ4n) is 1.99. The molecule has 13 heavy (non-hydrogen) atoms. The molecule has 0 aromatic rings. The zero-order valence-corrected chi connectivity index (χ0v) is 9.57. The number of rotatable bonds is 5. The van der Waals surface area contributed by atoms with Crippen molar-refractivity contribution in [2.24, 2.45) is 5.73 Å². The van der Waals surface area contributed by atoms with Gasteiger partial charge in [0.2, 0.25) is 0 Å². The first-order chi connectivity index (χ1) is 6.26. The molecule has 3 atom stereocenters. The fourth-order valence-corrected chi connectivity index (χ4v) is 2.72. The molecule has 3 N–H and O–H groups in total. The Hall–Kier alpha value is 0.270. The highest BCUT2D eigenvalue weighted by Gasteiger charge is 2.23. The lowest BCUT2D eigenvalue weighted by Crippen LogP contribution is -2.38. The molecular formula is C10H22N2S. The average molecular weight is 202 g/mol. The van der Waals surface area contributed by atoms with Gasteiger partial charge in [0.15, 0.2) is 0 Å². The molecule has 0 heterocycles. The summed E-state index contributed by atoms with van der Waals surface area (Å²) in [6.07, 6.45) is 7.04. The van der Waals surface area contributed by atoms with Gasteiger partial charge in [0.1, 0.15) is 0 Å². The van der Waals surface area contributed by atoms with E-state index in [1.165, 1.54) is 31.4 Å². The van der Waals surface area contributed by atoms with Crippen LogP contribution in [0.2, 0.25) is 0 Å². The third kappa shape index (κ3) is 3.88. The van der Waals surface area contributed by atoms with E-state index >= 15 is 0 Å². The molecule has 0 spiro atoms. The van der Waals surface area contributed by atoms with E-state index in [0.717, 1.165) is 0 Å². The predicted molar refractivity (Wildman–Crippen MR) is 61.2 cm³/mol. The summed E-state index contributed by atoms with van der Waals surface area (Å²) in [5, 5.41) is 3.70. The van der Waals surface area contributed by atoms with Crippen molar-refractivity contribution in [1.82, 2.24) is 5.32 Å². The maximum Gasteiger partial charge on any atom is 0.0158 e. The zero-order valence-electron chi connectivity index (χ0n) is 8.75. The monoisotopic (exact) mass is 202 g/mol. The molecule has 0 aliphatic heterocycles. The summed E-state index contributed by atoms with van der Waals surface area (Å²) in [7, 11) is 0. The fraction of sp³-hybridized carbons (Fsp3) is 1.00. The lowest BCUT2D eigenvalue weighted by molar-refractivity contribution is 0.443. The van der Waals surface area contributed by atoms with Crippen LogP contribution in [0.5, 0.6) is 0 Å². The van der Waals surface area contributed by atoms with Gasteiger partial charge in [-0.05, 0) is 31.9 Å². The summed E-state index contributed by atoms with van der Waals surface area (Å²) < 4.78 is 0. The molecule has 1 rings (SSSR count). The Kier molecular flexibility index (Phi) is 5.14. The van der Waals surface area contributed by atoms with Crippen molar-refractivity contribution in [3.63, 3.8) is 0 Å². The molecule has 0 radical (unpaired) electrons. The average Bonchev–Trinajstić information content (AvgIpc) is 2.50. The molecular weight excluding hydrogens is 180 g/mol. The van der Waals surface area contributed by atoms with E-state index in [-0.39, 0.29) is 0 Å². The molecule has 1 saturated carbocycles. The van der Waals surface area contributed by atoms with E-state index in [2.05, 4.69) is 18.5 Å². The van der Waals surface area contributed by atoms with E-state index in [9.17, 15) is 0 Å². The summed E-state index contributed by atoms with van der Waals surface area (Å²) in [4.78, 5) is 0. The number of thioether (sulfide) groups is 1. The molecule has 0 bridgehead atoms. The predicted octanol–water partition coefficient (Wildman–Crippen LogP) is 1.60. The van der Waals surface area contributed by atoms with Crippen LogP contribution in [0.25, 0.3) is 0 Å². The van der Waals surface area contributed by atoms with Crippen LogP contribution in [0.4, 0.5) is 0 Å². The number of hydrogen-bond acceptors (Lipinski definition) is 3. The van der Waals surface area contributed by atoms with Gasteiger partial charge in [-0.1, -0.05) is 6.92 Å². The standard InChI is InChI=1S/C10H22N2S/c1-3-9(7-13-2)12-10-5-4-8(11)6-10/h8-10,12H,3-7,11H2,1-2H3. The first kappa shape index (κ1) is 11.3. The minimum atomic E-state index is 0.448. The molecule has 0 aromatic carbocycles. The lowest BCUT2D eigenvalue weighted by atomic mass is 10.2. The minimum Gasteiger partial charge on any atom is -0.328 e. The van der Waals surface area contributed by atoms with Crippen LogP contribution >= 0.6 is 11.8 Å². The number of nitrogens with one attached hydrogen (secondary N) is 1. The van der Waals surface area contributed by atoms with Gasteiger partial charge in [-0.15, -0.1) is 0 Å². The van der Waals surface area contributed by atoms with Crippen LogP contribution in [0, 0.1) is 0 Å². The zero-order chi connectivity index (χ0) is 9.68. The Morgan fingerprint density at radius 2 is 2.31 bits per heavy atom. The Morgan fingerprint density at radius 3 is 2.77 bits per heavy atom. The first-order valence-corrected chi connectivity index (χ1v) is 6.66. The van der Waals surface area contributed by atoms with E-state index < -0.39 is 0 Å². The van der Waals surface area contributed by atoms with Crippen molar-refractivity contribution in [3.05, 3.63) is 0 Å². The summed E-state index contributed by atoms with van der Waals surface area (Å²) >= 11 is 1.92. The van der Waals surface area contributed by atoms with Crippen molar-refractivity contribution in [3.8, 4) is 0 Å². The molecule has 2 nitrogen and oxygen atoms in total. The van der Waals surface area contributed by atoms with Gasteiger partial charge in [0, 0.05) is 23.9 Å². The molecule has 1 fully saturated rings. The van der Waals surface area contributed by atoms with E-state index in [0.29, 0.717) is 18.1 Å². The van der Waals surface area contributed by atoms with Gasteiger partial charge in [-0.25, -0.2) is 0 Å². The summed E-state index contributed by atoms with van der Waals surface area (Å²) in [5.74, 6) is 1.22. The van der Waals surface area contributed by atoms with Crippen LogP contribution < -0.4 is 11.1 Å². The second kappa shape index (κ2) is 5.89. The molecule has 3 unspecified atom stereocenters. The summed E-state index contributed by atoms with van der Waals surface area (Å²) in [6.45, 7) is 2.25. The first-order valence-electron chi connectivity index (χ1n) is 5.26. The number of nitrogens with two attached hydrogens (primary N) is 1. The highest BCUT2D eigenvalue weighted by Crippen LogP contribution is 2.18. The third-order valence-electron chi connectivity index (χ3n) is 2.81. The van der Waals surface area contributed by atoms with Crippen LogP contribution in [0.3, 0.4) is 0 Å². The van der Waals surface area contributed by atoms with E-state index in [1.807, 2.05) is 11.8 Å². The van der Waals surface area contributed by atoms with E-state index in [4.69, 9.17) is 5.73 Å². The topological polar surface area (TPSA) is 38.0 Å². The maximum absolute atomic E-state index is 5.87. The number of hydrogen-bond donors (Lipinski definition) is 2. The second-order valence-corrected chi connectivity index (χ2v) is 4.91. The van der Waals surface area contributed by atoms with Gasteiger partial charge in [0.05, 0.1) is 0 Å². The van der Waals surface area contributed by atoms with Crippen LogP contribution in [-0.4, -0.2) is 30.1 Å². The lowest BCUT2D eigenvalue weighted by Gasteiger charge is -2.20. The SMILES string of the molecule is CCC(CSC)NC1CCC(N)C1. The second-order valence-electron chi connectivity index (χ2n) is 4.00. The normalized spacial score (nSPS) is 30.7. The Morgan fingerprint density at radius 1 is 1.54 bits per heavy atom. The third-order valence-corrected chi connectivity index (χ3v) is 3.54. The Labute approximate surface area is 86.0 Å².